The van der Waals surface area contributed by atoms with Crippen molar-refractivity contribution in [3.63, 3.8) is 0 Å². The van der Waals surface area contributed by atoms with Gasteiger partial charge in [-0.05, 0) is 25.5 Å². The Morgan fingerprint density at radius 3 is 2.81 bits per heavy atom. The van der Waals surface area contributed by atoms with Crippen molar-refractivity contribution in [3.05, 3.63) is 29.6 Å². The first-order chi connectivity index (χ1) is 7.61. The minimum Gasteiger partial charge on any atom is -0.387 e. The molecule has 1 aromatic heterocycles. The summed E-state index contributed by atoms with van der Waals surface area (Å²) < 4.78 is 0. The van der Waals surface area contributed by atoms with Crippen LogP contribution in [0.25, 0.3) is 0 Å². The van der Waals surface area contributed by atoms with Crippen molar-refractivity contribution in [1.82, 2.24) is 9.88 Å². The molecule has 1 N–H and O–H groups in total. The molecule has 1 aliphatic heterocycles. The van der Waals surface area contributed by atoms with Gasteiger partial charge >= 0.3 is 0 Å². The molecule has 1 aliphatic rings. The van der Waals surface area contributed by atoms with Crippen molar-refractivity contribution in [2.24, 2.45) is 0 Å². The lowest BCUT2D eigenvalue weighted by Crippen LogP contribution is -2.61. The molecule has 0 spiro atoms. The first-order valence-electron chi connectivity index (χ1n) is 5.98. The van der Waals surface area contributed by atoms with Crippen LogP contribution in [0.1, 0.15) is 31.2 Å². The van der Waals surface area contributed by atoms with Crippen LogP contribution in [0.15, 0.2) is 18.2 Å². The maximum Gasteiger partial charge on any atom is 0.0900 e. The molecule has 88 valence electrons. The average Bonchev–Trinajstić information content (AvgIpc) is 2.15. The van der Waals surface area contributed by atoms with Gasteiger partial charge < -0.3 is 5.11 Å². The van der Waals surface area contributed by atoms with Crippen molar-refractivity contribution < 1.29 is 5.11 Å². The second-order valence-corrected chi connectivity index (χ2v) is 4.89. The number of aromatic nitrogens is 1. The summed E-state index contributed by atoms with van der Waals surface area (Å²) in [5.74, 6) is 0. The van der Waals surface area contributed by atoms with Gasteiger partial charge in [0.05, 0.1) is 11.3 Å². The molecule has 16 heavy (non-hydrogen) atoms. The second-order valence-electron chi connectivity index (χ2n) is 4.89. The molecule has 3 heteroatoms. The van der Waals surface area contributed by atoms with Gasteiger partial charge in [-0.2, -0.15) is 0 Å². The fraction of sp³-hybridized carbons (Fsp3) is 0.615. The van der Waals surface area contributed by atoms with E-state index in [9.17, 15) is 5.11 Å². The summed E-state index contributed by atoms with van der Waals surface area (Å²) in [7, 11) is 0. The van der Waals surface area contributed by atoms with Crippen molar-refractivity contribution in [3.8, 4) is 0 Å². The number of pyridine rings is 1. The van der Waals surface area contributed by atoms with Gasteiger partial charge in [0.1, 0.15) is 0 Å². The predicted molar refractivity (Wildman–Crippen MR) is 64.1 cm³/mol. The standard InChI is InChI=1S/C13H20N2O/c1-3-7-13(16)9-15(10-13)8-12-6-4-5-11(2)14-12/h4-6,16H,3,7-10H2,1-2H3. The van der Waals surface area contributed by atoms with Crippen molar-refractivity contribution in [2.75, 3.05) is 13.1 Å². The van der Waals surface area contributed by atoms with Gasteiger partial charge in [-0.3, -0.25) is 9.88 Å². The molecular weight excluding hydrogens is 200 g/mol. The van der Waals surface area contributed by atoms with Crippen LogP contribution in [-0.2, 0) is 6.54 Å². The van der Waals surface area contributed by atoms with E-state index < -0.39 is 5.60 Å². The number of likely N-dealkylation sites (tertiary alicyclic amines) is 1. The van der Waals surface area contributed by atoms with E-state index in [0.717, 1.165) is 43.9 Å². The second kappa shape index (κ2) is 4.52. The molecule has 0 bridgehead atoms. The Balaban J connectivity index is 1.85. The molecule has 3 nitrogen and oxygen atoms in total. The van der Waals surface area contributed by atoms with E-state index in [4.69, 9.17) is 0 Å². The Labute approximate surface area is 97.1 Å². The quantitative estimate of drug-likeness (QED) is 0.839. The van der Waals surface area contributed by atoms with E-state index in [1.807, 2.05) is 25.1 Å². The number of aryl methyl sites for hydroxylation is 1. The zero-order valence-corrected chi connectivity index (χ0v) is 10.1. The molecule has 2 rings (SSSR count). The predicted octanol–water partition coefficient (Wildman–Crippen LogP) is 1.74. The van der Waals surface area contributed by atoms with E-state index in [0.29, 0.717) is 0 Å². The van der Waals surface area contributed by atoms with Crippen LogP contribution < -0.4 is 0 Å². The molecule has 0 radical (unpaired) electrons. The molecule has 0 atom stereocenters. The highest BCUT2D eigenvalue weighted by atomic mass is 16.3. The summed E-state index contributed by atoms with van der Waals surface area (Å²) in [5, 5.41) is 10.1. The highest BCUT2D eigenvalue weighted by Gasteiger charge is 2.39. The average molecular weight is 220 g/mol. The van der Waals surface area contributed by atoms with Crippen LogP contribution in [0.3, 0.4) is 0 Å². The van der Waals surface area contributed by atoms with Gasteiger partial charge in [-0.25, -0.2) is 0 Å². The monoisotopic (exact) mass is 220 g/mol. The third-order valence-electron chi connectivity index (χ3n) is 3.08. The van der Waals surface area contributed by atoms with Gasteiger partial charge in [-0.15, -0.1) is 0 Å². The highest BCUT2D eigenvalue weighted by molar-refractivity contribution is 5.11. The van der Waals surface area contributed by atoms with Crippen LogP contribution in [0.4, 0.5) is 0 Å². The summed E-state index contributed by atoms with van der Waals surface area (Å²) in [5.41, 5.74) is 1.72. The first kappa shape index (κ1) is 11.6. The fourth-order valence-electron chi connectivity index (χ4n) is 2.44. The summed E-state index contributed by atoms with van der Waals surface area (Å²) in [6, 6.07) is 6.09. The van der Waals surface area contributed by atoms with Crippen LogP contribution >= 0.6 is 0 Å². The Hall–Kier alpha value is -0.930. The maximum absolute atomic E-state index is 10.1. The molecule has 0 amide bonds. The molecule has 1 fully saturated rings. The fourth-order valence-corrected chi connectivity index (χ4v) is 2.44. The molecule has 0 aliphatic carbocycles. The summed E-state index contributed by atoms with van der Waals surface area (Å²) in [4.78, 5) is 6.71. The van der Waals surface area contributed by atoms with E-state index in [2.05, 4.69) is 16.8 Å². The molecular formula is C13H20N2O. The number of nitrogens with zero attached hydrogens (tertiary/aromatic N) is 2. The third kappa shape index (κ3) is 2.60. The topological polar surface area (TPSA) is 36.4 Å². The Bertz CT molecular complexity index is 359. The van der Waals surface area contributed by atoms with Crippen LogP contribution in [-0.4, -0.2) is 33.7 Å². The van der Waals surface area contributed by atoms with E-state index in [1.54, 1.807) is 0 Å². The van der Waals surface area contributed by atoms with Crippen molar-refractivity contribution in [1.29, 1.82) is 0 Å². The van der Waals surface area contributed by atoms with Crippen LogP contribution in [0.5, 0.6) is 0 Å². The third-order valence-corrected chi connectivity index (χ3v) is 3.08. The Morgan fingerprint density at radius 2 is 2.19 bits per heavy atom. The lowest BCUT2D eigenvalue weighted by Gasteiger charge is -2.46. The number of aliphatic hydroxyl groups is 1. The minimum atomic E-state index is -0.432. The molecule has 1 saturated heterocycles. The van der Waals surface area contributed by atoms with Crippen LogP contribution in [0, 0.1) is 6.92 Å². The normalized spacial score (nSPS) is 19.4. The Morgan fingerprint density at radius 1 is 1.44 bits per heavy atom. The van der Waals surface area contributed by atoms with Gasteiger partial charge in [0, 0.05) is 25.3 Å². The lowest BCUT2D eigenvalue weighted by atomic mass is 9.89. The number of rotatable bonds is 4. The number of hydrogen-bond donors (Lipinski definition) is 1. The summed E-state index contributed by atoms with van der Waals surface area (Å²) >= 11 is 0. The van der Waals surface area contributed by atoms with E-state index >= 15 is 0 Å². The Kier molecular flexibility index (Phi) is 3.26. The first-order valence-corrected chi connectivity index (χ1v) is 5.98. The SMILES string of the molecule is CCCC1(O)CN(Cc2cccc(C)n2)C1. The molecule has 0 saturated carbocycles. The largest absolute Gasteiger partial charge is 0.387 e. The molecule has 0 unspecified atom stereocenters. The molecule has 2 heterocycles. The van der Waals surface area contributed by atoms with Gasteiger partial charge in [0.15, 0.2) is 0 Å². The summed E-state index contributed by atoms with van der Waals surface area (Å²) in [6.07, 6.45) is 1.96. The summed E-state index contributed by atoms with van der Waals surface area (Å²) in [6.45, 7) is 6.55. The number of β-amino-alcohol motifs (C(OH)–C–C–N with tert-alkyl or cyclic N) is 1. The zero-order chi connectivity index (χ0) is 11.6. The lowest BCUT2D eigenvalue weighted by molar-refractivity contribution is -0.107. The van der Waals surface area contributed by atoms with Crippen LogP contribution in [0.2, 0.25) is 0 Å². The zero-order valence-electron chi connectivity index (χ0n) is 10.1. The van der Waals surface area contributed by atoms with Gasteiger partial charge in [0.2, 0.25) is 0 Å². The van der Waals surface area contributed by atoms with Crippen molar-refractivity contribution in [2.45, 2.75) is 38.8 Å². The van der Waals surface area contributed by atoms with E-state index in [1.165, 1.54) is 0 Å². The molecule has 0 aromatic carbocycles. The van der Waals surface area contributed by atoms with Crippen molar-refractivity contribution >= 4 is 0 Å². The van der Waals surface area contributed by atoms with Gasteiger partial charge in [0.25, 0.3) is 0 Å². The minimum absolute atomic E-state index is 0.432. The maximum atomic E-state index is 10.1. The molecule has 1 aromatic rings. The van der Waals surface area contributed by atoms with E-state index in [-0.39, 0.29) is 0 Å². The number of hydrogen-bond acceptors (Lipinski definition) is 3. The highest BCUT2D eigenvalue weighted by Crippen LogP contribution is 2.26. The van der Waals surface area contributed by atoms with Gasteiger partial charge in [-0.1, -0.05) is 19.4 Å². The smallest absolute Gasteiger partial charge is 0.0900 e.